The number of nitrogens with one attached hydrogen (secondary N) is 1. The van der Waals surface area contributed by atoms with Gasteiger partial charge in [0.25, 0.3) is 0 Å². The van der Waals surface area contributed by atoms with Gasteiger partial charge in [-0.2, -0.15) is 0 Å². The van der Waals surface area contributed by atoms with E-state index in [1.807, 2.05) is 54.7 Å². The van der Waals surface area contributed by atoms with Crippen molar-refractivity contribution < 1.29 is 5.11 Å². The molecule has 0 fully saturated rings. The summed E-state index contributed by atoms with van der Waals surface area (Å²) in [6.45, 7) is 0. The number of aliphatic hydroxyl groups is 1. The molecule has 1 atom stereocenters. The van der Waals surface area contributed by atoms with E-state index in [0.717, 1.165) is 56.1 Å². The molecule has 0 unspecified atom stereocenters. The van der Waals surface area contributed by atoms with E-state index in [1.165, 1.54) is 0 Å². The van der Waals surface area contributed by atoms with E-state index < -0.39 is 5.60 Å². The Labute approximate surface area is 177 Å². The van der Waals surface area contributed by atoms with Gasteiger partial charge in [0.2, 0.25) is 0 Å². The van der Waals surface area contributed by atoms with Crippen molar-refractivity contribution in [3.63, 3.8) is 0 Å². The van der Waals surface area contributed by atoms with Gasteiger partial charge >= 0.3 is 0 Å². The minimum Gasteiger partial charge on any atom is -0.379 e. The molecule has 4 heterocycles. The average Bonchev–Trinajstić information content (AvgIpc) is 3.52. The molecule has 146 valence electrons. The summed E-state index contributed by atoms with van der Waals surface area (Å²) in [5.41, 5.74) is 5.54. The molecule has 0 saturated carbocycles. The maximum Gasteiger partial charge on any atom is 0.137 e. The molecule has 6 heteroatoms. The van der Waals surface area contributed by atoms with Gasteiger partial charge in [-0.05, 0) is 48.2 Å². The van der Waals surface area contributed by atoms with Gasteiger partial charge in [0.05, 0.1) is 11.4 Å². The second kappa shape index (κ2) is 6.58. The molecule has 5 aromatic rings. The van der Waals surface area contributed by atoms with Crippen LogP contribution in [0.4, 0.5) is 0 Å². The van der Waals surface area contributed by atoms with Crippen molar-refractivity contribution in [1.29, 1.82) is 0 Å². The van der Waals surface area contributed by atoms with Crippen LogP contribution >= 0.6 is 11.3 Å². The molecule has 4 aromatic heterocycles. The van der Waals surface area contributed by atoms with Crippen LogP contribution in [0.3, 0.4) is 0 Å². The molecular formula is C24H18N4OS. The van der Waals surface area contributed by atoms with Crippen molar-refractivity contribution in [2.75, 3.05) is 0 Å². The van der Waals surface area contributed by atoms with Crippen molar-refractivity contribution in [3.05, 3.63) is 89.3 Å². The molecule has 30 heavy (non-hydrogen) atoms. The highest BCUT2D eigenvalue weighted by molar-refractivity contribution is 7.13. The Bertz CT molecular complexity index is 1390. The lowest BCUT2D eigenvalue weighted by molar-refractivity contribution is 0.0788. The fraction of sp³-hybridized carbons (Fsp3) is 0.125. The Morgan fingerprint density at radius 2 is 1.93 bits per heavy atom. The van der Waals surface area contributed by atoms with Crippen LogP contribution in [0.1, 0.15) is 23.2 Å². The van der Waals surface area contributed by atoms with E-state index >= 15 is 0 Å². The summed E-state index contributed by atoms with van der Waals surface area (Å²) in [6.07, 6.45) is 6.97. The Morgan fingerprint density at radius 3 is 2.90 bits per heavy atom. The average molecular weight is 411 g/mol. The van der Waals surface area contributed by atoms with Crippen LogP contribution in [0.5, 0.6) is 0 Å². The number of pyridine rings is 2. The van der Waals surface area contributed by atoms with Crippen LogP contribution in [-0.4, -0.2) is 25.0 Å². The Morgan fingerprint density at radius 1 is 1.03 bits per heavy atom. The fourth-order valence-corrected chi connectivity index (χ4v) is 5.15. The zero-order chi connectivity index (χ0) is 20.1. The third kappa shape index (κ3) is 2.61. The van der Waals surface area contributed by atoms with Crippen molar-refractivity contribution in [3.8, 4) is 21.8 Å². The molecule has 0 radical (unpaired) electrons. The smallest absolute Gasteiger partial charge is 0.137 e. The number of rotatable bonds is 3. The van der Waals surface area contributed by atoms with Gasteiger partial charge in [-0.1, -0.05) is 24.3 Å². The predicted molar refractivity (Wildman–Crippen MR) is 118 cm³/mol. The lowest BCUT2D eigenvalue weighted by Gasteiger charge is -2.24. The molecule has 1 aliphatic rings. The number of aryl methyl sites for hydroxylation is 1. The maximum absolute atomic E-state index is 11.5. The van der Waals surface area contributed by atoms with Gasteiger partial charge in [0, 0.05) is 40.5 Å². The minimum absolute atomic E-state index is 0.647. The van der Waals surface area contributed by atoms with Gasteiger partial charge in [0.1, 0.15) is 16.3 Å². The molecule has 1 aromatic carbocycles. The number of aromatic nitrogens is 4. The zero-order valence-corrected chi connectivity index (χ0v) is 16.9. The highest BCUT2D eigenvalue weighted by Crippen LogP contribution is 2.42. The van der Waals surface area contributed by atoms with E-state index in [4.69, 9.17) is 4.98 Å². The first-order valence-electron chi connectivity index (χ1n) is 9.88. The molecule has 0 saturated heterocycles. The van der Waals surface area contributed by atoms with Crippen LogP contribution in [0, 0.1) is 0 Å². The lowest BCUT2D eigenvalue weighted by Crippen LogP contribution is -2.25. The molecule has 0 aliphatic heterocycles. The third-order valence-electron chi connectivity index (χ3n) is 5.86. The number of thiazole rings is 1. The summed E-state index contributed by atoms with van der Waals surface area (Å²) in [7, 11) is 0. The summed E-state index contributed by atoms with van der Waals surface area (Å²) in [6, 6.07) is 16.0. The number of hydrogen-bond acceptors (Lipinski definition) is 5. The Hall–Kier alpha value is -3.35. The van der Waals surface area contributed by atoms with Crippen LogP contribution in [0.25, 0.3) is 32.9 Å². The van der Waals surface area contributed by atoms with Gasteiger partial charge in [-0.15, -0.1) is 11.3 Å². The van der Waals surface area contributed by atoms with E-state index in [2.05, 4.69) is 20.3 Å². The molecular weight excluding hydrogens is 392 g/mol. The van der Waals surface area contributed by atoms with Gasteiger partial charge in [-0.25, -0.2) is 9.97 Å². The monoisotopic (exact) mass is 410 g/mol. The topological polar surface area (TPSA) is 74.7 Å². The quantitative estimate of drug-likeness (QED) is 0.442. The van der Waals surface area contributed by atoms with Crippen LogP contribution < -0.4 is 0 Å². The van der Waals surface area contributed by atoms with E-state index in [1.54, 1.807) is 23.7 Å². The van der Waals surface area contributed by atoms with Crippen LogP contribution in [0.15, 0.2) is 72.5 Å². The van der Waals surface area contributed by atoms with E-state index in [-0.39, 0.29) is 0 Å². The normalized spacial score (nSPS) is 18.0. The molecule has 1 aliphatic carbocycles. The lowest BCUT2D eigenvalue weighted by atomic mass is 9.90. The molecule has 6 rings (SSSR count). The van der Waals surface area contributed by atoms with Crippen LogP contribution in [-0.2, 0) is 12.0 Å². The molecule has 0 bridgehead atoms. The largest absolute Gasteiger partial charge is 0.379 e. The van der Waals surface area contributed by atoms with E-state index in [0.29, 0.717) is 6.42 Å². The summed E-state index contributed by atoms with van der Waals surface area (Å²) in [5.74, 6) is 0. The third-order valence-corrected chi connectivity index (χ3v) is 6.75. The van der Waals surface area contributed by atoms with Gasteiger partial charge in [-0.3, -0.25) is 4.98 Å². The fourth-order valence-electron chi connectivity index (χ4n) is 4.34. The first-order valence-corrected chi connectivity index (χ1v) is 10.8. The Kier molecular flexibility index (Phi) is 3.84. The SMILES string of the molecule is O[C@]1(c2cccc(-c3nc(-c4c[nH]c5ncccc45)cs3)c2)CCc2cccnc21. The molecule has 2 N–H and O–H groups in total. The summed E-state index contributed by atoms with van der Waals surface area (Å²) in [5, 5.41) is 15.5. The van der Waals surface area contributed by atoms with Crippen molar-refractivity contribution in [2.24, 2.45) is 0 Å². The number of nitrogens with zero attached hydrogens (tertiary/aromatic N) is 3. The maximum atomic E-state index is 11.5. The number of H-pyrrole nitrogens is 1. The number of hydrogen-bond donors (Lipinski definition) is 2. The molecule has 0 spiro atoms. The van der Waals surface area contributed by atoms with Crippen molar-refractivity contribution in [2.45, 2.75) is 18.4 Å². The summed E-state index contributed by atoms with van der Waals surface area (Å²) >= 11 is 1.60. The highest BCUT2D eigenvalue weighted by Gasteiger charge is 2.39. The second-order valence-electron chi connectivity index (χ2n) is 7.59. The second-order valence-corrected chi connectivity index (χ2v) is 8.45. The standard InChI is InChI=1S/C24H18N4OS/c29-24(9-8-15-5-2-10-25-21(15)24)17-6-1-4-16(12-17)23-28-20(14-30-23)19-13-27-22-18(19)7-3-11-26-22/h1-7,10-14,29H,8-9H2,(H,26,27)/t24-/m0/s1. The van der Waals surface area contributed by atoms with Crippen molar-refractivity contribution in [1.82, 2.24) is 19.9 Å². The highest BCUT2D eigenvalue weighted by atomic mass is 32.1. The predicted octanol–water partition coefficient (Wildman–Crippen LogP) is 4.93. The van der Waals surface area contributed by atoms with Gasteiger partial charge in [0.15, 0.2) is 0 Å². The minimum atomic E-state index is -1.05. The summed E-state index contributed by atoms with van der Waals surface area (Å²) < 4.78 is 0. The Balaban J connectivity index is 1.40. The number of benzene rings is 1. The zero-order valence-electron chi connectivity index (χ0n) is 16.0. The first-order chi connectivity index (χ1) is 14.7. The van der Waals surface area contributed by atoms with Crippen molar-refractivity contribution >= 4 is 22.4 Å². The molecule has 0 amide bonds. The molecule has 5 nitrogen and oxygen atoms in total. The van der Waals surface area contributed by atoms with Gasteiger partial charge < -0.3 is 10.1 Å². The van der Waals surface area contributed by atoms with Crippen LogP contribution in [0.2, 0.25) is 0 Å². The summed E-state index contributed by atoms with van der Waals surface area (Å²) in [4.78, 5) is 16.9. The van der Waals surface area contributed by atoms with E-state index in [9.17, 15) is 5.11 Å². The first kappa shape index (κ1) is 17.5. The number of aromatic amines is 1. The number of fused-ring (bicyclic) bond motifs is 2.